The predicted molar refractivity (Wildman–Crippen MR) is 53.9 cm³/mol. The van der Waals surface area contributed by atoms with Crippen molar-refractivity contribution < 1.29 is 9.47 Å². The molecule has 2 saturated heterocycles. The minimum atomic E-state index is 0.0358. The van der Waals surface area contributed by atoms with E-state index in [2.05, 4.69) is 5.32 Å². The highest BCUT2D eigenvalue weighted by atomic mass is 16.7. The summed E-state index contributed by atoms with van der Waals surface area (Å²) >= 11 is 0. The maximum Gasteiger partial charge on any atom is 0.161 e. The molecule has 0 bridgehead atoms. The molecule has 0 radical (unpaired) electrons. The lowest BCUT2D eigenvalue weighted by atomic mass is 9.98. The first-order valence-corrected chi connectivity index (χ1v) is 5.58. The van der Waals surface area contributed by atoms with Gasteiger partial charge in [-0.3, -0.25) is 0 Å². The molecule has 2 aliphatic rings. The van der Waals surface area contributed by atoms with E-state index in [0.29, 0.717) is 12.5 Å². The van der Waals surface area contributed by atoms with Gasteiger partial charge < -0.3 is 20.5 Å². The van der Waals surface area contributed by atoms with E-state index in [0.717, 1.165) is 26.1 Å². The monoisotopic (exact) mass is 200 g/mol. The van der Waals surface area contributed by atoms with Crippen LogP contribution in [0.3, 0.4) is 0 Å². The van der Waals surface area contributed by atoms with Gasteiger partial charge in [0.05, 0.1) is 12.7 Å². The third-order valence-electron chi connectivity index (χ3n) is 3.03. The molecule has 2 rings (SSSR count). The molecule has 2 heterocycles. The second kappa shape index (κ2) is 5.07. The third kappa shape index (κ3) is 2.45. The fourth-order valence-corrected chi connectivity index (χ4v) is 2.17. The van der Waals surface area contributed by atoms with E-state index in [-0.39, 0.29) is 12.4 Å². The highest BCUT2D eigenvalue weighted by Gasteiger charge is 2.32. The van der Waals surface area contributed by atoms with Gasteiger partial charge in [0.15, 0.2) is 6.29 Å². The molecule has 14 heavy (non-hydrogen) atoms. The Morgan fingerprint density at radius 1 is 1.29 bits per heavy atom. The largest absolute Gasteiger partial charge is 0.350 e. The van der Waals surface area contributed by atoms with Gasteiger partial charge in [-0.15, -0.1) is 0 Å². The summed E-state index contributed by atoms with van der Waals surface area (Å²) < 4.78 is 11.5. The quantitative estimate of drug-likeness (QED) is 0.677. The summed E-state index contributed by atoms with van der Waals surface area (Å²) in [6, 6.07) is 0. The molecule has 4 nitrogen and oxygen atoms in total. The van der Waals surface area contributed by atoms with Crippen LogP contribution in [-0.2, 0) is 9.47 Å². The van der Waals surface area contributed by atoms with Crippen LogP contribution in [0, 0.1) is 5.92 Å². The molecule has 2 atom stereocenters. The van der Waals surface area contributed by atoms with E-state index < -0.39 is 0 Å². The maximum absolute atomic E-state index is 5.81. The van der Waals surface area contributed by atoms with Gasteiger partial charge in [-0.2, -0.15) is 0 Å². The molecule has 2 aliphatic heterocycles. The second-order valence-electron chi connectivity index (χ2n) is 4.12. The third-order valence-corrected chi connectivity index (χ3v) is 3.03. The van der Waals surface area contributed by atoms with Gasteiger partial charge in [0.1, 0.15) is 0 Å². The summed E-state index contributed by atoms with van der Waals surface area (Å²) in [5.41, 5.74) is 5.49. The Labute approximate surface area is 85.1 Å². The highest BCUT2D eigenvalue weighted by Crippen LogP contribution is 2.26. The van der Waals surface area contributed by atoms with Crippen molar-refractivity contribution in [2.24, 2.45) is 11.7 Å². The number of rotatable bonds is 3. The Kier molecular flexibility index (Phi) is 3.75. The molecular formula is C10H20N2O2. The van der Waals surface area contributed by atoms with Gasteiger partial charge in [-0.1, -0.05) is 0 Å². The lowest BCUT2D eigenvalue weighted by Crippen LogP contribution is -2.34. The van der Waals surface area contributed by atoms with Crippen LogP contribution in [0.15, 0.2) is 0 Å². The molecule has 0 spiro atoms. The topological polar surface area (TPSA) is 56.5 Å². The van der Waals surface area contributed by atoms with Crippen LogP contribution < -0.4 is 11.1 Å². The number of hydrogen-bond acceptors (Lipinski definition) is 4. The van der Waals surface area contributed by atoms with E-state index >= 15 is 0 Å². The number of hydrogen-bond donors (Lipinski definition) is 2. The van der Waals surface area contributed by atoms with Gasteiger partial charge in [0.2, 0.25) is 0 Å². The first-order chi connectivity index (χ1) is 6.90. The van der Waals surface area contributed by atoms with Crippen LogP contribution in [0.4, 0.5) is 0 Å². The Morgan fingerprint density at radius 3 is 2.79 bits per heavy atom. The lowest BCUT2D eigenvalue weighted by Gasteiger charge is -2.26. The SMILES string of the molecule is NCCC1COC(C2CCNCC2)O1. The van der Waals surface area contributed by atoms with Crippen molar-refractivity contribution in [3.63, 3.8) is 0 Å². The molecule has 0 aliphatic carbocycles. The molecule has 0 aromatic heterocycles. The van der Waals surface area contributed by atoms with Crippen molar-refractivity contribution in [2.75, 3.05) is 26.2 Å². The zero-order chi connectivity index (χ0) is 9.80. The van der Waals surface area contributed by atoms with Crippen molar-refractivity contribution in [3.05, 3.63) is 0 Å². The molecule has 2 unspecified atom stereocenters. The standard InChI is InChI=1S/C10H20N2O2/c11-4-1-9-7-13-10(14-9)8-2-5-12-6-3-8/h8-10,12H,1-7,11H2. The van der Waals surface area contributed by atoms with E-state index in [1.165, 1.54) is 12.8 Å². The molecule has 3 N–H and O–H groups in total. The molecule has 82 valence electrons. The second-order valence-corrected chi connectivity index (χ2v) is 4.12. The summed E-state index contributed by atoms with van der Waals surface area (Å²) in [6.07, 6.45) is 3.52. The van der Waals surface area contributed by atoms with Crippen molar-refractivity contribution in [1.82, 2.24) is 5.32 Å². The Bertz CT molecular complexity index is 172. The molecule has 2 fully saturated rings. The summed E-state index contributed by atoms with van der Waals surface area (Å²) in [5, 5.41) is 3.34. The Hall–Kier alpha value is -0.160. The number of piperidine rings is 1. The van der Waals surface area contributed by atoms with Crippen LogP contribution >= 0.6 is 0 Å². The van der Waals surface area contributed by atoms with E-state index in [4.69, 9.17) is 15.2 Å². The Balaban J connectivity index is 1.76. The molecule has 0 amide bonds. The lowest BCUT2D eigenvalue weighted by molar-refractivity contribution is -0.103. The first kappa shape index (κ1) is 10.4. The smallest absolute Gasteiger partial charge is 0.161 e. The zero-order valence-electron chi connectivity index (χ0n) is 8.58. The van der Waals surface area contributed by atoms with E-state index in [9.17, 15) is 0 Å². The first-order valence-electron chi connectivity index (χ1n) is 5.58. The number of nitrogens with two attached hydrogens (primary N) is 1. The van der Waals surface area contributed by atoms with Crippen LogP contribution in [0.25, 0.3) is 0 Å². The van der Waals surface area contributed by atoms with Gasteiger partial charge >= 0.3 is 0 Å². The van der Waals surface area contributed by atoms with Gasteiger partial charge in [0, 0.05) is 5.92 Å². The van der Waals surface area contributed by atoms with Crippen LogP contribution in [0.2, 0.25) is 0 Å². The fraction of sp³-hybridized carbons (Fsp3) is 1.00. The van der Waals surface area contributed by atoms with Crippen LogP contribution in [0.5, 0.6) is 0 Å². The molecule has 0 aromatic carbocycles. The highest BCUT2D eigenvalue weighted by molar-refractivity contribution is 4.76. The molecular weight excluding hydrogens is 180 g/mol. The van der Waals surface area contributed by atoms with Crippen molar-refractivity contribution in [3.8, 4) is 0 Å². The average Bonchev–Trinajstić information content (AvgIpc) is 2.68. The molecule has 0 saturated carbocycles. The number of ether oxygens (including phenoxy) is 2. The summed E-state index contributed by atoms with van der Waals surface area (Å²) in [4.78, 5) is 0. The summed E-state index contributed by atoms with van der Waals surface area (Å²) in [6.45, 7) is 3.60. The minimum absolute atomic E-state index is 0.0358. The average molecular weight is 200 g/mol. The Morgan fingerprint density at radius 2 is 2.07 bits per heavy atom. The molecule has 0 aromatic rings. The van der Waals surface area contributed by atoms with Gasteiger partial charge in [0.25, 0.3) is 0 Å². The zero-order valence-corrected chi connectivity index (χ0v) is 8.58. The number of nitrogens with one attached hydrogen (secondary N) is 1. The van der Waals surface area contributed by atoms with Crippen molar-refractivity contribution in [2.45, 2.75) is 31.7 Å². The van der Waals surface area contributed by atoms with Gasteiger partial charge in [-0.05, 0) is 38.9 Å². The fourth-order valence-electron chi connectivity index (χ4n) is 2.17. The maximum atomic E-state index is 5.81. The molecule has 4 heteroatoms. The van der Waals surface area contributed by atoms with Gasteiger partial charge in [-0.25, -0.2) is 0 Å². The predicted octanol–water partition coefficient (Wildman–Crippen LogP) is 0.0763. The van der Waals surface area contributed by atoms with Crippen LogP contribution in [0.1, 0.15) is 19.3 Å². The minimum Gasteiger partial charge on any atom is -0.350 e. The van der Waals surface area contributed by atoms with E-state index in [1.807, 2.05) is 0 Å². The summed E-state index contributed by atoms with van der Waals surface area (Å²) in [5.74, 6) is 0.582. The van der Waals surface area contributed by atoms with Crippen LogP contribution in [-0.4, -0.2) is 38.6 Å². The summed E-state index contributed by atoms with van der Waals surface area (Å²) in [7, 11) is 0. The van der Waals surface area contributed by atoms with E-state index in [1.54, 1.807) is 0 Å². The normalized spacial score (nSPS) is 34.9. The van der Waals surface area contributed by atoms with Crippen molar-refractivity contribution in [1.29, 1.82) is 0 Å². The van der Waals surface area contributed by atoms with Crippen molar-refractivity contribution >= 4 is 0 Å².